The summed E-state index contributed by atoms with van der Waals surface area (Å²) in [4.78, 5) is 7.04. The van der Waals surface area contributed by atoms with Crippen LogP contribution in [0.2, 0.25) is 0 Å². The van der Waals surface area contributed by atoms with Crippen molar-refractivity contribution in [3.63, 3.8) is 0 Å². The maximum absolute atomic E-state index is 5.04. The molecule has 3 aliphatic rings. The van der Waals surface area contributed by atoms with Crippen LogP contribution in [0.15, 0.2) is 4.99 Å². The topological polar surface area (TPSA) is 15.6 Å². The van der Waals surface area contributed by atoms with Gasteiger partial charge < -0.3 is 4.90 Å². The van der Waals surface area contributed by atoms with Gasteiger partial charge in [0.25, 0.3) is 0 Å². The fourth-order valence-electron chi connectivity index (χ4n) is 4.33. The molecule has 0 spiro atoms. The molecule has 1 saturated carbocycles. The number of halogens is 4. The van der Waals surface area contributed by atoms with Crippen molar-refractivity contribution in [1.29, 1.82) is 0 Å². The summed E-state index contributed by atoms with van der Waals surface area (Å²) in [6.45, 7) is 15.6. The molecule has 0 bridgehead atoms. The number of hydrogen-bond donors (Lipinski definition) is 0. The van der Waals surface area contributed by atoms with E-state index in [1.807, 2.05) is 0 Å². The number of rotatable bonds is 0. The van der Waals surface area contributed by atoms with Gasteiger partial charge in [0.1, 0.15) is 0 Å². The molecule has 0 aromatic carbocycles. The van der Waals surface area contributed by atoms with Crippen LogP contribution in [-0.2, 0) is 12.8 Å². The Morgan fingerprint density at radius 3 is 1.62 bits per heavy atom. The van der Waals surface area contributed by atoms with E-state index in [4.69, 9.17) is 36.8 Å². The number of nitrogens with zero attached hydrogens (tertiary/aromatic N) is 2. The van der Waals surface area contributed by atoms with Crippen LogP contribution in [0.25, 0.3) is 0 Å². The Morgan fingerprint density at radius 2 is 1.15 bits per heavy atom. The Bertz CT molecular complexity index is 391. The van der Waals surface area contributed by atoms with E-state index < -0.39 is 12.8 Å². The van der Waals surface area contributed by atoms with E-state index in [1.54, 1.807) is 0 Å². The SMILES string of the molecule is C1CCC2=NCCCN2CC1.CC1C(C)C(C)C(C)C1C.[Cl][Ta]([Cl])([Cl])[Cl]. The number of amidine groups is 1. The molecule has 2 heterocycles. The van der Waals surface area contributed by atoms with Gasteiger partial charge in [-0.2, -0.15) is 0 Å². The Labute approximate surface area is 180 Å². The second-order valence-electron chi connectivity index (χ2n) is 8.13. The van der Waals surface area contributed by atoms with Crippen molar-refractivity contribution in [3.05, 3.63) is 0 Å². The van der Waals surface area contributed by atoms with Crippen LogP contribution in [-0.4, -0.2) is 30.4 Å². The van der Waals surface area contributed by atoms with E-state index >= 15 is 0 Å². The van der Waals surface area contributed by atoms with Crippen LogP contribution in [0.5, 0.6) is 0 Å². The second kappa shape index (κ2) is 12.2. The fraction of sp³-hybridized carbons (Fsp3) is 0.947. The summed E-state index contributed by atoms with van der Waals surface area (Å²) in [5.41, 5.74) is 0. The molecular weight excluding hydrogens is 579 g/mol. The van der Waals surface area contributed by atoms with Gasteiger partial charge in [-0.25, -0.2) is 0 Å². The normalized spacial score (nSPS) is 34.4. The van der Waals surface area contributed by atoms with Gasteiger partial charge in [-0.05, 0) is 48.9 Å². The first-order chi connectivity index (χ1) is 12.0. The number of hydrogen-bond acceptors (Lipinski definition) is 2. The molecule has 26 heavy (non-hydrogen) atoms. The minimum absolute atomic E-state index is 0.935. The van der Waals surface area contributed by atoms with E-state index in [2.05, 4.69) is 44.5 Å². The summed E-state index contributed by atoms with van der Waals surface area (Å²) in [5.74, 6) is 6.07. The van der Waals surface area contributed by atoms with Crippen molar-refractivity contribution in [2.75, 3.05) is 19.6 Å². The average molecular weight is 615 g/mol. The summed E-state index contributed by atoms with van der Waals surface area (Å²) in [6.07, 6.45) is 6.63. The van der Waals surface area contributed by atoms with Crippen LogP contribution in [0.4, 0.5) is 0 Å². The van der Waals surface area contributed by atoms with Gasteiger partial charge in [0.05, 0.1) is 5.84 Å². The van der Waals surface area contributed by atoms with Crippen molar-refractivity contribution < 1.29 is 12.8 Å². The molecule has 1 saturated heterocycles. The number of aliphatic imine (C=N–C) groups is 1. The molecule has 3 rings (SSSR count). The molecule has 0 radical (unpaired) electrons. The van der Waals surface area contributed by atoms with Gasteiger partial charge in [0.15, 0.2) is 0 Å². The Hall–Kier alpha value is 1.37. The summed E-state index contributed by atoms with van der Waals surface area (Å²) in [5, 5.41) is 0. The molecule has 0 aromatic rings. The predicted octanol–water partition coefficient (Wildman–Crippen LogP) is 7.60. The van der Waals surface area contributed by atoms with Crippen molar-refractivity contribution in [3.8, 4) is 0 Å². The van der Waals surface area contributed by atoms with E-state index in [1.165, 1.54) is 51.0 Å². The van der Waals surface area contributed by atoms with Crippen LogP contribution in [0, 0.1) is 29.6 Å². The molecular formula is C19H36Cl4N2Ta. The molecule has 0 N–H and O–H groups in total. The summed E-state index contributed by atoms with van der Waals surface area (Å²) >= 11 is -3.33. The Morgan fingerprint density at radius 1 is 0.731 bits per heavy atom. The van der Waals surface area contributed by atoms with E-state index in [9.17, 15) is 0 Å². The van der Waals surface area contributed by atoms with Gasteiger partial charge in [0, 0.05) is 26.1 Å². The summed E-state index contributed by atoms with van der Waals surface area (Å²) in [7, 11) is 20.2. The van der Waals surface area contributed by atoms with Gasteiger partial charge in [0.2, 0.25) is 0 Å². The standard InChI is InChI=1S/C10H20.C9H16N2.4ClH.Ta/c1-6-7(2)9(4)10(5)8(6)3;1-2-5-9-10-6-4-8-11(9)7-3-1;;;;;/h6-10H,1-5H3;1-8H2;4*1H;/q;;;;;;+4/p-4. The monoisotopic (exact) mass is 613 g/mol. The number of fused-ring (bicyclic) bond motifs is 1. The van der Waals surface area contributed by atoms with Crippen molar-refractivity contribution in [2.45, 2.75) is 66.7 Å². The van der Waals surface area contributed by atoms with Crippen LogP contribution < -0.4 is 0 Å². The van der Waals surface area contributed by atoms with Gasteiger partial charge in [-0.1, -0.05) is 41.0 Å². The molecule has 0 amide bonds. The molecule has 2 aliphatic heterocycles. The Balaban J connectivity index is 0.000000210. The second-order valence-corrected chi connectivity index (χ2v) is 36.0. The third kappa shape index (κ3) is 9.25. The zero-order valence-corrected chi connectivity index (χ0v) is 23.1. The van der Waals surface area contributed by atoms with Crippen LogP contribution >= 0.6 is 36.8 Å². The quantitative estimate of drug-likeness (QED) is 0.274. The van der Waals surface area contributed by atoms with Gasteiger partial charge >= 0.3 is 49.6 Å². The summed E-state index contributed by atoms with van der Waals surface area (Å²) in [6, 6.07) is 0. The van der Waals surface area contributed by atoms with Gasteiger partial charge in [-0.15, -0.1) is 0 Å². The zero-order chi connectivity index (χ0) is 19.9. The van der Waals surface area contributed by atoms with Crippen molar-refractivity contribution >= 4 is 42.6 Å². The fourth-order valence-corrected chi connectivity index (χ4v) is 4.33. The Kier molecular flexibility index (Phi) is 11.9. The molecule has 2 nitrogen and oxygen atoms in total. The zero-order valence-electron chi connectivity index (χ0n) is 16.9. The molecule has 0 aromatic heterocycles. The van der Waals surface area contributed by atoms with E-state index in [0.29, 0.717) is 0 Å². The molecule has 7 heteroatoms. The van der Waals surface area contributed by atoms with Crippen molar-refractivity contribution in [1.82, 2.24) is 4.90 Å². The van der Waals surface area contributed by atoms with Gasteiger partial charge in [-0.3, -0.25) is 4.99 Å². The van der Waals surface area contributed by atoms with E-state index in [-0.39, 0.29) is 0 Å². The third-order valence-electron chi connectivity index (χ3n) is 6.72. The maximum atomic E-state index is 5.04. The molecule has 2 fully saturated rings. The predicted molar refractivity (Wildman–Crippen MR) is 116 cm³/mol. The molecule has 0 unspecified atom stereocenters. The van der Waals surface area contributed by atoms with Crippen molar-refractivity contribution in [2.24, 2.45) is 34.6 Å². The molecule has 155 valence electrons. The first kappa shape index (κ1) is 25.4. The third-order valence-corrected chi connectivity index (χ3v) is 6.72. The van der Waals surface area contributed by atoms with Crippen LogP contribution in [0.3, 0.4) is 0 Å². The van der Waals surface area contributed by atoms with E-state index in [0.717, 1.165) is 36.1 Å². The summed E-state index contributed by atoms with van der Waals surface area (Å²) < 4.78 is 0. The van der Waals surface area contributed by atoms with Crippen LogP contribution in [0.1, 0.15) is 66.7 Å². The first-order valence-corrected chi connectivity index (χ1v) is 25.9. The first-order valence-electron chi connectivity index (χ1n) is 9.98. The average Bonchev–Trinajstić information content (AvgIpc) is 2.78. The molecule has 0 atom stereocenters. The minimum atomic E-state index is -3.33. The molecule has 1 aliphatic carbocycles.